The highest BCUT2D eigenvalue weighted by atomic mass is 16.5. The van der Waals surface area contributed by atoms with Gasteiger partial charge < -0.3 is 4.74 Å². The first kappa shape index (κ1) is 15.4. The second-order valence-corrected chi connectivity index (χ2v) is 6.37. The molecule has 2 aromatic carbocycles. The number of hydrogen-bond acceptors (Lipinski definition) is 1. The van der Waals surface area contributed by atoms with Crippen LogP contribution in [-0.4, -0.2) is 7.11 Å². The molecule has 0 spiro atoms. The zero-order chi connectivity index (χ0) is 15.5. The van der Waals surface area contributed by atoms with Gasteiger partial charge in [-0.3, -0.25) is 0 Å². The summed E-state index contributed by atoms with van der Waals surface area (Å²) in [7, 11) is 1.73. The van der Waals surface area contributed by atoms with Gasteiger partial charge in [-0.25, -0.2) is 0 Å². The Bertz CT molecular complexity index is 618. The maximum Gasteiger partial charge on any atom is 0.129 e. The van der Waals surface area contributed by atoms with E-state index in [1.807, 2.05) is 12.1 Å². The molecular formula is C20H24O. The van der Waals surface area contributed by atoms with Crippen molar-refractivity contribution in [1.82, 2.24) is 0 Å². The highest BCUT2D eigenvalue weighted by Gasteiger charge is 2.18. The molecule has 0 bridgehead atoms. The standard InChI is InChI=1S/C20H24O/c1-6-16-13-18(20(2,3)4)14-17(19(16)21-5)12-15-10-8-7-9-11-15/h6-11,13-14H,1,12H2,2-5H3. The smallest absolute Gasteiger partial charge is 0.129 e. The third-order valence-electron chi connectivity index (χ3n) is 3.72. The van der Waals surface area contributed by atoms with Crippen molar-refractivity contribution in [3.8, 4) is 5.75 Å². The monoisotopic (exact) mass is 280 g/mol. The predicted octanol–water partition coefficient (Wildman–Crippen LogP) is 5.23. The van der Waals surface area contributed by atoms with Crippen molar-refractivity contribution < 1.29 is 4.74 Å². The molecule has 0 aliphatic rings. The van der Waals surface area contributed by atoms with Gasteiger partial charge in [-0.15, -0.1) is 0 Å². The van der Waals surface area contributed by atoms with Gasteiger partial charge in [0.2, 0.25) is 0 Å². The third-order valence-corrected chi connectivity index (χ3v) is 3.72. The molecule has 0 aliphatic heterocycles. The van der Waals surface area contributed by atoms with Gasteiger partial charge in [0, 0.05) is 12.0 Å². The first-order chi connectivity index (χ1) is 9.95. The van der Waals surface area contributed by atoms with Gasteiger partial charge in [-0.05, 0) is 28.2 Å². The summed E-state index contributed by atoms with van der Waals surface area (Å²) in [5, 5.41) is 0. The Morgan fingerprint density at radius 3 is 2.29 bits per heavy atom. The normalized spacial score (nSPS) is 11.2. The van der Waals surface area contributed by atoms with E-state index in [1.165, 1.54) is 16.7 Å². The lowest BCUT2D eigenvalue weighted by molar-refractivity contribution is 0.409. The van der Waals surface area contributed by atoms with Crippen LogP contribution >= 0.6 is 0 Å². The van der Waals surface area contributed by atoms with E-state index in [9.17, 15) is 0 Å². The van der Waals surface area contributed by atoms with Gasteiger partial charge in [0.1, 0.15) is 5.75 Å². The fourth-order valence-corrected chi connectivity index (χ4v) is 2.49. The number of rotatable bonds is 4. The summed E-state index contributed by atoms with van der Waals surface area (Å²) in [6.45, 7) is 10.6. The Morgan fingerprint density at radius 2 is 1.76 bits per heavy atom. The van der Waals surface area contributed by atoms with E-state index >= 15 is 0 Å². The molecule has 110 valence electrons. The van der Waals surface area contributed by atoms with Crippen molar-refractivity contribution >= 4 is 6.08 Å². The van der Waals surface area contributed by atoms with Crippen LogP contribution in [-0.2, 0) is 11.8 Å². The molecule has 0 saturated heterocycles. The molecule has 2 rings (SSSR count). The van der Waals surface area contributed by atoms with Crippen LogP contribution in [0.1, 0.15) is 43.0 Å². The van der Waals surface area contributed by atoms with E-state index in [2.05, 4.69) is 63.7 Å². The molecule has 0 fully saturated rings. The van der Waals surface area contributed by atoms with E-state index in [4.69, 9.17) is 4.74 Å². The van der Waals surface area contributed by atoms with Gasteiger partial charge in [-0.1, -0.05) is 69.8 Å². The van der Waals surface area contributed by atoms with Crippen molar-refractivity contribution in [2.75, 3.05) is 7.11 Å². The fraction of sp³-hybridized carbons (Fsp3) is 0.300. The SMILES string of the molecule is C=Cc1cc(C(C)(C)C)cc(Cc2ccccc2)c1OC. The fourth-order valence-electron chi connectivity index (χ4n) is 2.49. The first-order valence-corrected chi connectivity index (χ1v) is 7.33. The molecule has 0 aliphatic carbocycles. The van der Waals surface area contributed by atoms with Gasteiger partial charge in [0.25, 0.3) is 0 Å². The van der Waals surface area contributed by atoms with Gasteiger partial charge in [0.05, 0.1) is 7.11 Å². The lowest BCUT2D eigenvalue weighted by Crippen LogP contribution is -2.12. The molecule has 2 aromatic rings. The summed E-state index contributed by atoms with van der Waals surface area (Å²) in [6, 6.07) is 14.9. The molecule has 0 radical (unpaired) electrons. The molecule has 0 unspecified atom stereocenters. The van der Waals surface area contributed by atoms with Crippen molar-refractivity contribution in [1.29, 1.82) is 0 Å². The second-order valence-electron chi connectivity index (χ2n) is 6.37. The van der Waals surface area contributed by atoms with Crippen LogP contribution in [0.4, 0.5) is 0 Å². The molecule has 1 nitrogen and oxygen atoms in total. The molecular weight excluding hydrogens is 256 g/mol. The van der Waals surface area contributed by atoms with Crippen molar-refractivity contribution in [3.05, 3.63) is 71.3 Å². The molecule has 0 N–H and O–H groups in total. The Hall–Kier alpha value is -2.02. The zero-order valence-electron chi connectivity index (χ0n) is 13.4. The van der Waals surface area contributed by atoms with E-state index in [0.717, 1.165) is 17.7 Å². The topological polar surface area (TPSA) is 9.23 Å². The van der Waals surface area contributed by atoms with Crippen molar-refractivity contribution in [2.45, 2.75) is 32.6 Å². The van der Waals surface area contributed by atoms with Crippen molar-refractivity contribution in [2.24, 2.45) is 0 Å². The van der Waals surface area contributed by atoms with Crippen LogP contribution in [0.5, 0.6) is 5.75 Å². The second kappa shape index (κ2) is 6.17. The molecule has 21 heavy (non-hydrogen) atoms. The summed E-state index contributed by atoms with van der Waals surface area (Å²) in [5.41, 5.74) is 4.98. The summed E-state index contributed by atoms with van der Waals surface area (Å²) in [5.74, 6) is 0.932. The highest BCUT2D eigenvalue weighted by molar-refractivity contribution is 5.61. The summed E-state index contributed by atoms with van der Waals surface area (Å²) >= 11 is 0. The Morgan fingerprint density at radius 1 is 1.10 bits per heavy atom. The van der Waals surface area contributed by atoms with Crippen LogP contribution < -0.4 is 4.74 Å². The predicted molar refractivity (Wildman–Crippen MR) is 91.0 cm³/mol. The number of ether oxygens (including phenoxy) is 1. The van der Waals surface area contributed by atoms with Crippen molar-refractivity contribution in [3.63, 3.8) is 0 Å². The maximum absolute atomic E-state index is 5.64. The molecule has 0 aromatic heterocycles. The average molecular weight is 280 g/mol. The van der Waals surface area contributed by atoms with E-state index in [0.29, 0.717) is 0 Å². The third kappa shape index (κ3) is 3.55. The summed E-state index contributed by atoms with van der Waals surface area (Å²) in [6.07, 6.45) is 2.75. The minimum Gasteiger partial charge on any atom is -0.496 e. The largest absolute Gasteiger partial charge is 0.496 e. The molecule has 0 heterocycles. The summed E-state index contributed by atoms with van der Waals surface area (Å²) in [4.78, 5) is 0. The van der Waals surface area contributed by atoms with E-state index < -0.39 is 0 Å². The molecule has 1 heteroatoms. The number of methoxy groups -OCH3 is 1. The van der Waals surface area contributed by atoms with Gasteiger partial charge in [0.15, 0.2) is 0 Å². The van der Waals surface area contributed by atoms with Crippen LogP contribution in [0.25, 0.3) is 6.08 Å². The van der Waals surface area contributed by atoms with E-state index in [1.54, 1.807) is 7.11 Å². The van der Waals surface area contributed by atoms with Crippen LogP contribution in [0.15, 0.2) is 49.0 Å². The number of hydrogen-bond donors (Lipinski definition) is 0. The van der Waals surface area contributed by atoms with Gasteiger partial charge in [-0.2, -0.15) is 0 Å². The molecule has 0 atom stereocenters. The number of benzene rings is 2. The lowest BCUT2D eigenvalue weighted by atomic mass is 9.84. The quantitative estimate of drug-likeness (QED) is 0.745. The summed E-state index contributed by atoms with van der Waals surface area (Å²) < 4.78 is 5.64. The minimum atomic E-state index is 0.107. The average Bonchev–Trinajstić information content (AvgIpc) is 2.46. The first-order valence-electron chi connectivity index (χ1n) is 7.33. The minimum absolute atomic E-state index is 0.107. The Kier molecular flexibility index (Phi) is 4.52. The van der Waals surface area contributed by atoms with E-state index in [-0.39, 0.29) is 5.41 Å². The highest BCUT2D eigenvalue weighted by Crippen LogP contribution is 2.33. The Labute approximate surface area is 128 Å². The zero-order valence-corrected chi connectivity index (χ0v) is 13.4. The van der Waals surface area contributed by atoms with Crippen LogP contribution in [0.3, 0.4) is 0 Å². The van der Waals surface area contributed by atoms with Crippen LogP contribution in [0.2, 0.25) is 0 Å². The van der Waals surface area contributed by atoms with Crippen LogP contribution in [0, 0.1) is 0 Å². The molecule has 0 amide bonds. The Balaban J connectivity index is 2.54. The van der Waals surface area contributed by atoms with Gasteiger partial charge >= 0.3 is 0 Å². The maximum atomic E-state index is 5.64. The molecule has 0 saturated carbocycles. The lowest BCUT2D eigenvalue weighted by Gasteiger charge is -2.23.